The van der Waals surface area contributed by atoms with Crippen molar-refractivity contribution in [2.24, 2.45) is 0 Å². The summed E-state index contributed by atoms with van der Waals surface area (Å²) in [6.45, 7) is 3.58. The van der Waals surface area contributed by atoms with Crippen LogP contribution in [-0.4, -0.2) is 39.5 Å². The third-order valence-electron chi connectivity index (χ3n) is 5.76. The van der Waals surface area contributed by atoms with Gasteiger partial charge >= 0.3 is 0 Å². The summed E-state index contributed by atoms with van der Waals surface area (Å²) in [5.41, 5.74) is 3.05. The van der Waals surface area contributed by atoms with Gasteiger partial charge in [0.2, 0.25) is 5.91 Å². The van der Waals surface area contributed by atoms with Crippen molar-refractivity contribution in [2.45, 2.75) is 38.4 Å². The zero-order valence-electron chi connectivity index (χ0n) is 17.6. The first-order valence-electron chi connectivity index (χ1n) is 10.7. The van der Waals surface area contributed by atoms with Gasteiger partial charge in [-0.1, -0.05) is 42.5 Å². The third kappa shape index (κ3) is 5.80. The van der Waals surface area contributed by atoms with Crippen molar-refractivity contribution in [3.8, 4) is 6.07 Å². The van der Waals surface area contributed by atoms with Crippen molar-refractivity contribution in [1.82, 2.24) is 19.8 Å². The minimum Gasteiger partial charge on any atom is -0.353 e. The van der Waals surface area contributed by atoms with E-state index in [0.29, 0.717) is 12.1 Å². The molecule has 0 radical (unpaired) electrons. The first kappa shape index (κ1) is 20.8. The Balaban J connectivity index is 1.25. The molecule has 2 heterocycles. The highest BCUT2D eigenvalue weighted by molar-refractivity contribution is 5.78. The number of piperidine rings is 1. The number of carbonyl (C=O) groups excluding carboxylic acids is 1. The Kier molecular flexibility index (Phi) is 6.75. The van der Waals surface area contributed by atoms with Crippen LogP contribution < -0.4 is 5.32 Å². The van der Waals surface area contributed by atoms with Gasteiger partial charge in [0.1, 0.15) is 5.82 Å². The molecule has 2 aromatic carbocycles. The Hall–Kier alpha value is -3.43. The molecule has 3 aromatic rings. The van der Waals surface area contributed by atoms with Gasteiger partial charge in [0.15, 0.2) is 0 Å². The molecule has 31 heavy (non-hydrogen) atoms. The second kappa shape index (κ2) is 10.1. The fraction of sp³-hybridized carbons (Fsp3) is 0.320. The van der Waals surface area contributed by atoms with E-state index in [-0.39, 0.29) is 18.4 Å². The summed E-state index contributed by atoms with van der Waals surface area (Å²) in [7, 11) is 0. The lowest BCUT2D eigenvalue weighted by atomic mass is 10.0. The highest BCUT2D eigenvalue weighted by Crippen LogP contribution is 2.14. The van der Waals surface area contributed by atoms with Crippen LogP contribution >= 0.6 is 0 Å². The number of nitrogens with zero attached hydrogens (tertiary/aromatic N) is 4. The molecule has 158 valence electrons. The van der Waals surface area contributed by atoms with Crippen molar-refractivity contribution >= 4 is 5.91 Å². The van der Waals surface area contributed by atoms with Crippen LogP contribution in [0.2, 0.25) is 0 Å². The molecule has 0 saturated carbocycles. The molecule has 6 heteroatoms. The Morgan fingerprint density at radius 2 is 1.74 bits per heavy atom. The summed E-state index contributed by atoms with van der Waals surface area (Å²) in [4.78, 5) is 19.5. The molecule has 1 amide bonds. The van der Waals surface area contributed by atoms with Crippen LogP contribution in [0.5, 0.6) is 0 Å². The monoisotopic (exact) mass is 413 g/mol. The average Bonchev–Trinajstić information content (AvgIpc) is 3.22. The van der Waals surface area contributed by atoms with Crippen molar-refractivity contribution < 1.29 is 4.79 Å². The topological polar surface area (TPSA) is 73.9 Å². The molecule has 1 saturated heterocycles. The quantitative estimate of drug-likeness (QED) is 0.646. The molecule has 0 bridgehead atoms. The van der Waals surface area contributed by atoms with E-state index in [4.69, 9.17) is 5.26 Å². The van der Waals surface area contributed by atoms with Gasteiger partial charge < -0.3 is 9.88 Å². The Morgan fingerprint density at radius 1 is 1.03 bits per heavy atom. The number of nitriles is 1. The fourth-order valence-electron chi connectivity index (χ4n) is 4.03. The molecule has 0 atom stereocenters. The summed E-state index contributed by atoms with van der Waals surface area (Å²) in [6, 6.07) is 20.4. The molecule has 1 aliphatic heterocycles. The predicted octanol–water partition coefficient (Wildman–Crippen LogP) is 3.13. The van der Waals surface area contributed by atoms with Gasteiger partial charge in [-0.25, -0.2) is 4.98 Å². The highest BCUT2D eigenvalue weighted by atomic mass is 16.1. The van der Waals surface area contributed by atoms with Gasteiger partial charge in [-0.05, 0) is 36.1 Å². The minimum atomic E-state index is 0.0220. The summed E-state index contributed by atoms with van der Waals surface area (Å²) < 4.78 is 1.99. The Bertz CT molecular complexity index is 1030. The standard InChI is InChI=1S/C25H27N5O/c26-17-20-6-8-22(9-7-20)19-30-15-12-27-24(30)16-25(31)28-23-10-13-29(14-11-23)18-21-4-2-1-3-5-21/h1-9,12,15,23H,10-11,13-14,16,18-19H2,(H,28,31). The lowest BCUT2D eigenvalue weighted by molar-refractivity contribution is -0.121. The minimum absolute atomic E-state index is 0.0220. The van der Waals surface area contributed by atoms with E-state index in [0.717, 1.165) is 43.9 Å². The number of carbonyl (C=O) groups is 1. The highest BCUT2D eigenvalue weighted by Gasteiger charge is 2.21. The maximum Gasteiger partial charge on any atom is 0.227 e. The number of nitrogens with one attached hydrogen (secondary N) is 1. The van der Waals surface area contributed by atoms with Gasteiger partial charge in [0.05, 0.1) is 18.1 Å². The van der Waals surface area contributed by atoms with E-state index >= 15 is 0 Å². The van der Waals surface area contributed by atoms with Crippen molar-refractivity contribution in [2.75, 3.05) is 13.1 Å². The van der Waals surface area contributed by atoms with E-state index < -0.39 is 0 Å². The molecular weight excluding hydrogens is 386 g/mol. The largest absolute Gasteiger partial charge is 0.353 e. The average molecular weight is 414 g/mol. The van der Waals surface area contributed by atoms with Crippen LogP contribution in [0.15, 0.2) is 67.0 Å². The summed E-state index contributed by atoms with van der Waals surface area (Å²) in [5.74, 6) is 0.775. The number of hydrogen-bond donors (Lipinski definition) is 1. The molecule has 1 aromatic heterocycles. The van der Waals surface area contributed by atoms with Gasteiger partial charge in [0, 0.05) is 44.6 Å². The maximum absolute atomic E-state index is 12.6. The van der Waals surface area contributed by atoms with Crippen molar-refractivity contribution in [3.05, 3.63) is 89.5 Å². The van der Waals surface area contributed by atoms with E-state index in [2.05, 4.69) is 45.5 Å². The second-order valence-corrected chi connectivity index (χ2v) is 8.06. The molecular formula is C25H27N5O. The summed E-state index contributed by atoms with van der Waals surface area (Å²) in [6.07, 6.45) is 5.83. The Labute approximate surface area is 183 Å². The van der Waals surface area contributed by atoms with Crippen LogP contribution in [0.3, 0.4) is 0 Å². The van der Waals surface area contributed by atoms with Crippen LogP contribution in [0.4, 0.5) is 0 Å². The van der Waals surface area contributed by atoms with E-state index in [9.17, 15) is 4.79 Å². The van der Waals surface area contributed by atoms with E-state index in [1.807, 2.05) is 41.1 Å². The third-order valence-corrected chi connectivity index (χ3v) is 5.76. The zero-order valence-corrected chi connectivity index (χ0v) is 17.6. The lowest BCUT2D eigenvalue weighted by Crippen LogP contribution is -2.44. The van der Waals surface area contributed by atoms with Gasteiger partial charge in [-0.3, -0.25) is 9.69 Å². The normalized spacial score (nSPS) is 14.8. The van der Waals surface area contributed by atoms with Crippen LogP contribution in [0.25, 0.3) is 0 Å². The SMILES string of the molecule is N#Cc1ccc(Cn2ccnc2CC(=O)NC2CCN(Cc3ccccc3)CC2)cc1. The smallest absolute Gasteiger partial charge is 0.227 e. The molecule has 6 nitrogen and oxygen atoms in total. The number of hydrogen-bond acceptors (Lipinski definition) is 4. The van der Waals surface area contributed by atoms with Gasteiger partial charge in [-0.2, -0.15) is 5.26 Å². The Morgan fingerprint density at radius 3 is 2.45 bits per heavy atom. The number of benzene rings is 2. The summed E-state index contributed by atoms with van der Waals surface area (Å²) in [5, 5.41) is 12.1. The van der Waals surface area contributed by atoms with Crippen LogP contribution in [0, 0.1) is 11.3 Å². The predicted molar refractivity (Wildman–Crippen MR) is 119 cm³/mol. The van der Waals surface area contributed by atoms with Crippen LogP contribution in [-0.2, 0) is 24.3 Å². The first-order chi connectivity index (χ1) is 15.2. The lowest BCUT2D eigenvalue weighted by Gasteiger charge is -2.32. The van der Waals surface area contributed by atoms with E-state index in [1.54, 1.807) is 6.20 Å². The van der Waals surface area contributed by atoms with Gasteiger partial charge in [-0.15, -0.1) is 0 Å². The van der Waals surface area contributed by atoms with Crippen LogP contribution in [0.1, 0.15) is 35.4 Å². The summed E-state index contributed by atoms with van der Waals surface area (Å²) >= 11 is 0. The first-order valence-corrected chi connectivity index (χ1v) is 10.7. The molecule has 1 aliphatic rings. The number of rotatable bonds is 7. The molecule has 0 unspecified atom stereocenters. The van der Waals surface area contributed by atoms with Gasteiger partial charge in [0.25, 0.3) is 0 Å². The molecule has 0 spiro atoms. The number of amides is 1. The van der Waals surface area contributed by atoms with Crippen molar-refractivity contribution in [1.29, 1.82) is 5.26 Å². The number of imidazole rings is 1. The van der Waals surface area contributed by atoms with Crippen molar-refractivity contribution in [3.63, 3.8) is 0 Å². The molecule has 4 rings (SSSR count). The number of likely N-dealkylation sites (tertiary alicyclic amines) is 1. The second-order valence-electron chi connectivity index (χ2n) is 8.06. The van der Waals surface area contributed by atoms with E-state index in [1.165, 1.54) is 5.56 Å². The number of aromatic nitrogens is 2. The fourth-order valence-corrected chi connectivity index (χ4v) is 4.03. The zero-order chi connectivity index (χ0) is 21.5. The molecule has 1 N–H and O–H groups in total. The maximum atomic E-state index is 12.6. The molecule has 1 fully saturated rings. The molecule has 0 aliphatic carbocycles.